The summed E-state index contributed by atoms with van der Waals surface area (Å²) in [5.41, 5.74) is 0.448. The number of fused-ring (bicyclic) bond motifs is 1. The van der Waals surface area contributed by atoms with Crippen LogP contribution in [0.2, 0.25) is 0 Å². The van der Waals surface area contributed by atoms with Gasteiger partial charge in [0.15, 0.2) is 5.82 Å². The predicted octanol–water partition coefficient (Wildman–Crippen LogP) is 0.0601. The molecule has 0 N–H and O–H groups in total. The molecule has 0 atom stereocenters. The van der Waals surface area contributed by atoms with Gasteiger partial charge in [-0.25, -0.2) is 14.5 Å². The molecule has 0 saturated heterocycles. The van der Waals surface area contributed by atoms with E-state index in [0.717, 1.165) is 26.5 Å². The van der Waals surface area contributed by atoms with Crippen LogP contribution in [-0.4, -0.2) is 34.1 Å². The summed E-state index contributed by atoms with van der Waals surface area (Å²) in [5.74, 6) is 0.314. The lowest BCUT2D eigenvalue weighted by Gasteiger charge is -2.03. The number of aromatic nitrogens is 7. The summed E-state index contributed by atoms with van der Waals surface area (Å²) in [5, 5.41) is 9.06. The second-order valence-electron chi connectivity index (χ2n) is 5.12. The Balaban J connectivity index is 1.86. The lowest BCUT2D eigenvalue weighted by atomic mass is 10.3. The van der Waals surface area contributed by atoms with Crippen molar-refractivity contribution in [3.8, 4) is 11.5 Å². The summed E-state index contributed by atoms with van der Waals surface area (Å²) < 4.78 is 3.72. The van der Waals surface area contributed by atoms with Gasteiger partial charge in [0.05, 0.1) is 18.1 Å². The van der Waals surface area contributed by atoms with Crippen molar-refractivity contribution in [2.45, 2.75) is 0 Å². The second kappa shape index (κ2) is 5.23. The van der Waals surface area contributed by atoms with Crippen LogP contribution in [0.1, 0.15) is 0 Å². The van der Waals surface area contributed by atoms with Crippen LogP contribution in [0.5, 0.6) is 0 Å². The SMILES string of the molecule is Cn1c(=O)cnn(-c2cc3cn(-c4cccnc4)nc3cn2)c1=O. The molecule has 0 aliphatic rings. The topological polar surface area (TPSA) is 100 Å². The second-order valence-corrected chi connectivity index (χ2v) is 5.12. The molecule has 4 aromatic heterocycles. The Morgan fingerprint density at radius 1 is 1.12 bits per heavy atom. The van der Waals surface area contributed by atoms with Crippen LogP contribution in [0.15, 0.2) is 58.8 Å². The van der Waals surface area contributed by atoms with Gasteiger partial charge < -0.3 is 0 Å². The molecule has 0 amide bonds. The number of pyridine rings is 2. The van der Waals surface area contributed by atoms with Crippen molar-refractivity contribution >= 4 is 10.9 Å². The molecular formula is C15H11N7O2. The van der Waals surface area contributed by atoms with Crippen molar-refractivity contribution < 1.29 is 0 Å². The van der Waals surface area contributed by atoms with Crippen LogP contribution in [0.25, 0.3) is 22.4 Å². The zero-order valence-corrected chi connectivity index (χ0v) is 12.6. The van der Waals surface area contributed by atoms with Crippen molar-refractivity contribution in [3.63, 3.8) is 0 Å². The average Bonchev–Trinajstić information content (AvgIpc) is 3.04. The quantitative estimate of drug-likeness (QED) is 0.517. The minimum absolute atomic E-state index is 0.314. The van der Waals surface area contributed by atoms with Crippen molar-refractivity contribution in [1.29, 1.82) is 0 Å². The zero-order chi connectivity index (χ0) is 16.7. The Hall–Kier alpha value is -3.62. The normalized spacial score (nSPS) is 11.0. The van der Waals surface area contributed by atoms with E-state index in [4.69, 9.17) is 0 Å². The Morgan fingerprint density at radius 3 is 2.79 bits per heavy atom. The Kier molecular flexibility index (Phi) is 3.05. The van der Waals surface area contributed by atoms with Crippen molar-refractivity contribution in [3.05, 3.63) is 70.0 Å². The smallest absolute Gasteiger partial charge is 0.267 e. The molecule has 9 heteroatoms. The molecule has 4 aromatic rings. The molecule has 0 fully saturated rings. The zero-order valence-electron chi connectivity index (χ0n) is 12.6. The van der Waals surface area contributed by atoms with Gasteiger partial charge in [-0.15, -0.1) is 0 Å². The Bertz CT molecular complexity index is 1160. The molecule has 0 unspecified atom stereocenters. The van der Waals surface area contributed by atoms with Crippen molar-refractivity contribution in [2.24, 2.45) is 7.05 Å². The fraction of sp³-hybridized carbons (Fsp3) is 0.0667. The highest BCUT2D eigenvalue weighted by atomic mass is 16.2. The van der Waals surface area contributed by atoms with Crippen LogP contribution in [0, 0.1) is 0 Å². The van der Waals surface area contributed by atoms with E-state index in [9.17, 15) is 9.59 Å². The Labute approximate surface area is 134 Å². The minimum Gasteiger partial charge on any atom is -0.267 e. The summed E-state index contributed by atoms with van der Waals surface area (Å²) in [6.45, 7) is 0. The third kappa shape index (κ3) is 2.19. The average molecular weight is 321 g/mol. The largest absolute Gasteiger partial charge is 0.353 e. The summed E-state index contributed by atoms with van der Waals surface area (Å²) >= 11 is 0. The lowest BCUT2D eigenvalue weighted by molar-refractivity contribution is 0.646. The molecule has 0 bridgehead atoms. The summed E-state index contributed by atoms with van der Waals surface area (Å²) in [6.07, 6.45) is 7.82. The van der Waals surface area contributed by atoms with Gasteiger partial charge in [0.25, 0.3) is 5.56 Å². The fourth-order valence-electron chi connectivity index (χ4n) is 2.29. The van der Waals surface area contributed by atoms with Gasteiger partial charge in [0.2, 0.25) is 0 Å². The highest BCUT2D eigenvalue weighted by molar-refractivity contribution is 5.79. The molecule has 9 nitrogen and oxygen atoms in total. The number of hydrogen-bond acceptors (Lipinski definition) is 6. The van der Waals surface area contributed by atoms with Gasteiger partial charge in [0.1, 0.15) is 11.7 Å². The van der Waals surface area contributed by atoms with E-state index in [1.54, 1.807) is 29.3 Å². The van der Waals surface area contributed by atoms with Crippen LogP contribution in [0.4, 0.5) is 0 Å². The first-order valence-electron chi connectivity index (χ1n) is 7.05. The van der Waals surface area contributed by atoms with E-state index in [0.29, 0.717) is 11.3 Å². The Morgan fingerprint density at radius 2 is 2.00 bits per heavy atom. The third-order valence-corrected chi connectivity index (χ3v) is 3.59. The first kappa shape index (κ1) is 14.0. The van der Waals surface area contributed by atoms with Crippen molar-refractivity contribution in [1.82, 2.24) is 34.1 Å². The van der Waals surface area contributed by atoms with E-state index in [-0.39, 0.29) is 0 Å². The molecule has 0 aromatic carbocycles. The van der Waals surface area contributed by atoms with Crippen LogP contribution in [0.3, 0.4) is 0 Å². The molecular weight excluding hydrogens is 310 g/mol. The first-order valence-corrected chi connectivity index (χ1v) is 7.05. The molecule has 0 radical (unpaired) electrons. The third-order valence-electron chi connectivity index (χ3n) is 3.59. The lowest BCUT2D eigenvalue weighted by Crippen LogP contribution is -2.38. The molecule has 0 saturated carbocycles. The predicted molar refractivity (Wildman–Crippen MR) is 85.3 cm³/mol. The monoisotopic (exact) mass is 321 g/mol. The maximum absolute atomic E-state index is 12.1. The molecule has 0 spiro atoms. The summed E-state index contributed by atoms with van der Waals surface area (Å²) in [7, 11) is 1.39. The van der Waals surface area contributed by atoms with Crippen LogP contribution in [-0.2, 0) is 7.05 Å². The van der Waals surface area contributed by atoms with Gasteiger partial charge in [-0.2, -0.15) is 14.9 Å². The number of rotatable bonds is 2. The van der Waals surface area contributed by atoms with Crippen molar-refractivity contribution in [2.75, 3.05) is 0 Å². The van der Waals surface area contributed by atoms with E-state index in [1.807, 2.05) is 18.3 Å². The van der Waals surface area contributed by atoms with E-state index in [2.05, 4.69) is 20.2 Å². The van der Waals surface area contributed by atoms with Gasteiger partial charge in [-0.1, -0.05) is 0 Å². The van der Waals surface area contributed by atoms with Gasteiger partial charge >= 0.3 is 5.69 Å². The molecule has 4 rings (SSSR count). The molecule has 0 aliphatic heterocycles. The molecule has 0 aliphatic carbocycles. The van der Waals surface area contributed by atoms with E-state index >= 15 is 0 Å². The minimum atomic E-state index is -0.561. The van der Waals surface area contributed by atoms with Crippen LogP contribution < -0.4 is 11.2 Å². The van der Waals surface area contributed by atoms with Gasteiger partial charge in [-0.3, -0.25) is 14.3 Å². The number of nitrogens with zero attached hydrogens (tertiary/aromatic N) is 7. The molecule has 24 heavy (non-hydrogen) atoms. The number of hydrogen-bond donors (Lipinski definition) is 0. The molecule has 118 valence electrons. The molecule has 4 heterocycles. The van der Waals surface area contributed by atoms with Crippen LogP contribution >= 0.6 is 0 Å². The van der Waals surface area contributed by atoms with E-state index in [1.165, 1.54) is 7.05 Å². The van der Waals surface area contributed by atoms with Gasteiger partial charge in [-0.05, 0) is 18.2 Å². The summed E-state index contributed by atoms with van der Waals surface area (Å²) in [6, 6.07) is 5.39. The first-order chi connectivity index (χ1) is 11.6. The fourth-order valence-corrected chi connectivity index (χ4v) is 2.29. The standard InChI is InChI=1S/C15H11N7O2/c1-20-14(23)8-18-22(15(20)24)13-5-10-9-21(19-12(10)7-17-13)11-3-2-4-16-6-11/h2-9H,1H3. The maximum Gasteiger partial charge on any atom is 0.353 e. The van der Waals surface area contributed by atoms with E-state index < -0.39 is 11.2 Å². The van der Waals surface area contributed by atoms with Gasteiger partial charge in [0, 0.05) is 24.8 Å². The highest BCUT2D eigenvalue weighted by Gasteiger charge is 2.09. The highest BCUT2D eigenvalue weighted by Crippen LogP contribution is 2.16. The summed E-state index contributed by atoms with van der Waals surface area (Å²) in [4.78, 5) is 31.9. The maximum atomic E-state index is 12.1.